The van der Waals surface area contributed by atoms with Crippen molar-refractivity contribution < 1.29 is 14.3 Å². The van der Waals surface area contributed by atoms with Gasteiger partial charge in [0.2, 0.25) is 11.8 Å². The number of ether oxygens (including phenoxy) is 1. The van der Waals surface area contributed by atoms with Gasteiger partial charge in [0.25, 0.3) is 0 Å². The van der Waals surface area contributed by atoms with E-state index in [1.165, 1.54) is 0 Å². The Morgan fingerprint density at radius 2 is 1.75 bits per heavy atom. The Hall–Kier alpha value is -2.08. The smallest absolute Gasteiger partial charge is 0.238 e. The number of nitrogens with one attached hydrogen (secondary N) is 2. The first-order valence-electron chi connectivity index (χ1n) is 8.44. The van der Waals surface area contributed by atoms with Crippen LogP contribution in [0.25, 0.3) is 0 Å². The van der Waals surface area contributed by atoms with Crippen molar-refractivity contribution in [2.75, 3.05) is 32.1 Å². The van der Waals surface area contributed by atoms with Crippen LogP contribution in [0.2, 0.25) is 0 Å². The van der Waals surface area contributed by atoms with Gasteiger partial charge in [-0.15, -0.1) is 0 Å². The molecule has 2 N–H and O–H groups in total. The number of anilines is 1. The number of rotatable bonds is 10. The number of likely N-dealkylation sites (N-methyl/N-ethyl adjacent to an activating group) is 1. The molecule has 0 aliphatic heterocycles. The lowest BCUT2D eigenvalue weighted by Crippen LogP contribution is -2.43. The molecule has 0 spiro atoms. The molecule has 0 saturated carbocycles. The van der Waals surface area contributed by atoms with Crippen molar-refractivity contribution in [3.05, 3.63) is 24.3 Å². The minimum Gasteiger partial charge on any atom is -0.497 e. The average molecular weight is 335 g/mol. The summed E-state index contributed by atoms with van der Waals surface area (Å²) in [6.07, 6.45) is 1.99. The molecule has 6 heteroatoms. The van der Waals surface area contributed by atoms with Gasteiger partial charge in [0.1, 0.15) is 5.75 Å². The van der Waals surface area contributed by atoms with Crippen LogP contribution in [-0.2, 0) is 9.59 Å². The first-order valence-corrected chi connectivity index (χ1v) is 8.44. The minimum absolute atomic E-state index is 0.0463. The quantitative estimate of drug-likeness (QED) is 0.688. The lowest BCUT2D eigenvalue weighted by Gasteiger charge is -2.21. The number of carbonyl (C=O) groups is 2. The third kappa shape index (κ3) is 7.46. The summed E-state index contributed by atoms with van der Waals surface area (Å²) in [5.74, 6) is 0.549. The van der Waals surface area contributed by atoms with Crippen LogP contribution in [0.3, 0.4) is 0 Å². The van der Waals surface area contributed by atoms with Crippen LogP contribution >= 0.6 is 0 Å². The Labute approximate surface area is 144 Å². The molecule has 1 rings (SSSR count). The van der Waals surface area contributed by atoms with Gasteiger partial charge in [0.05, 0.1) is 20.2 Å². The normalized spacial score (nSPS) is 11.9. The zero-order valence-corrected chi connectivity index (χ0v) is 15.1. The molecule has 2 amide bonds. The number of carbonyl (C=O) groups excluding carboxylic acids is 2. The molecule has 0 heterocycles. The Morgan fingerprint density at radius 3 is 2.29 bits per heavy atom. The molecular weight excluding hydrogens is 306 g/mol. The molecule has 1 aromatic carbocycles. The lowest BCUT2D eigenvalue weighted by molar-refractivity contribution is -0.123. The predicted octanol–water partition coefficient (Wildman–Crippen LogP) is 2.26. The summed E-state index contributed by atoms with van der Waals surface area (Å²) in [6.45, 7) is 7.05. The number of hydrogen-bond acceptors (Lipinski definition) is 4. The number of hydrogen-bond donors (Lipinski definition) is 2. The topological polar surface area (TPSA) is 70.7 Å². The highest BCUT2D eigenvalue weighted by molar-refractivity contribution is 5.92. The number of benzene rings is 1. The van der Waals surface area contributed by atoms with Crippen molar-refractivity contribution >= 4 is 17.5 Å². The number of methoxy groups -OCH3 is 1. The maximum atomic E-state index is 12.1. The molecule has 6 nitrogen and oxygen atoms in total. The van der Waals surface area contributed by atoms with Gasteiger partial charge in [0, 0.05) is 11.7 Å². The minimum atomic E-state index is -0.142. The van der Waals surface area contributed by atoms with E-state index in [2.05, 4.69) is 17.6 Å². The van der Waals surface area contributed by atoms with E-state index in [9.17, 15) is 9.59 Å². The van der Waals surface area contributed by atoms with Crippen molar-refractivity contribution in [2.24, 2.45) is 0 Å². The van der Waals surface area contributed by atoms with Crippen molar-refractivity contribution in [1.82, 2.24) is 10.2 Å². The molecule has 0 fully saturated rings. The summed E-state index contributed by atoms with van der Waals surface area (Å²) >= 11 is 0. The van der Waals surface area contributed by atoms with E-state index >= 15 is 0 Å². The van der Waals surface area contributed by atoms with Gasteiger partial charge in [-0.3, -0.25) is 14.5 Å². The summed E-state index contributed by atoms with van der Waals surface area (Å²) in [5, 5.41) is 5.78. The summed E-state index contributed by atoms with van der Waals surface area (Å²) in [5.41, 5.74) is 0.706. The van der Waals surface area contributed by atoms with E-state index < -0.39 is 0 Å². The van der Waals surface area contributed by atoms with E-state index in [1.54, 1.807) is 31.4 Å². The van der Waals surface area contributed by atoms with Crippen LogP contribution in [0.15, 0.2) is 24.3 Å². The maximum absolute atomic E-state index is 12.1. The fraction of sp³-hybridized carbons (Fsp3) is 0.556. The summed E-state index contributed by atoms with van der Waals surface area (Å²) < 4.78 is 5.08. The van der Waals surface area contributed by atoms with Crippen molar-refractivity contribution in [1.29, 1.82) is 0 Å². The van der Waals surface area contributed by atoms with Gasteiger partial charge in [-0.05, 0) is 44.2 Å². The Balaban J connectivity index is 2.45. The first kappa shape index (κ1) is 20.0. The lowest BCUT2D eigenvalue weighted by atomic mass is 10.2. The molecular formula is C18H29N3O3. The fourth-order valence-electron chi connectivity index (χ4n) is 2.39. The third-order valence-electron chi connectivity index (χ3n) is 3.68. The molecule has 0 unspecified atom stereocenters. The highest BCUT2D eigenvalue weighted by atomic mass is 16.5. The Kier molecular flexibility index (Phi) is 8.86. The third-order valence-corrected chi connectivity index (χ3v) is 3.68. The second kappa shape index (κ2) is 10.6. The summed E-state index contributed by atoms with van der Waals surface area (Å²) in [4.78, 5) is 25.9. The van der Waals surface area contributed by atoms with Gasteiger partial charge in [-0.2, -0.15) is 0 Å². The highest BCUT2D eigenvalue weighted by Gasteiger charge is 2.14. The monoisotopic (exact) mass is 335 g/mol. The van der Waals surface area contributed by atoms with E-state index in [-0.39, 0.29) is 30.9 Å². The van der Waals surface area contributed by atoms with Crippen molar-refractivity contribution in [3.8, 4) is 5.75 Å². The Morgan fingerprint density at radius 1 is 1.12 bits per heavy atom. The van der Waals surface area contributed by atoms with Crippen LogP contribution in [0.1, 0.15) is 33.6 Å². The number of nitrogens with zero attached hydrogens (tertiary/aromatic N) is 1. The van der Waals surface area contributed by atoms with Crippen molar-refractivity contribution in [2.45, 2.75) is 39.7 Å². The molecule has 1 aromatic rings. The van der Waals surface area contributed by atoms with E-state index in [4.69, 9.17) is 4.74 Å². The van der Waals surface area contributed by atoms with Gasteiger partial charge in [0.15, 0.2) is 0 Å². The van der Waals surface area contributed by atoms with Crippen LogP contribution in [-0.4, -0.2) is 49.5 Å². The molecule has 0 radical (unpaired) electrons. The molecule has 1 atom stereocenters. The second-order valence-electron chi connectivity index (χ2n) is 5.84. The molecule has 0 aromatic heterocycles. The number of amides is 2. The fourth-order valence-corrected chi connectivity index (χ4v) is 2.39. The summed E-state index contributed by atoms with van der Waals surface area (Å²) in [7, 11) is 1.60. The standard InChI is InChI=1S/C18H29N3O3/c1-5-7-14(3)19-17(22)12-21(6-2)13-18(23)20-15-8-10-16(24-4)11-9-15/h8-11,14H,5-7,12-13H2,1-4H3,(H,19,22)(H,20,23)/t14-/m1/s1. The van der Waals surface area contributed by atoms with Crippen LogP contribution in [0.4, 0.5) is 5.69 Å². The average Bonchev–Trinajstić information content (AvgIpc) is 2.54. The molecule has 0 aliphatic rings. The largest absolute Gasteiger partial charge is 0.497 e. The molecule has 0 bridgehead atoms. The Bertz CT molecular complexity index is 517. The zero-order chi connectivity index (χ0) is 17.9. The van der Waals surface area contributed by atoms with Gasteiger partial charge < -0.3 is 15.4 Å². The molecule has 0 aliphatic carbocycles. The zero-order valence-electron chi connectivity index (χ0n) is 15.1. The van der Waals surface area contributed by atoms with Crippen LogP contribution < -0.4 is 15.4 Å². The first-order chi connectivity index (χ1) is 11.5. The molecule has 134 valence electrons. The van der Waals surface area contributed by atoms with Crippen LogP contribution in [0, 0.1) is 0 Å². The molecule has 24 heavy (non-hydrogen) atoms. The predicted molar refractivity (Wildman–Crippen MR) is 96.3 cm³/mol. The van der Waals surface area contributed by atoms with E-state index in [0.29, 0.717) is 12.2 Å². The van der Waals surface area contributed by atoms with E-state index in [1.807, 2.05) is 18.7 Å². The summed E-state index contributed by atoms with van der Waals surface area (Å²) in [6, 6.07) is 7.30. The molecule has 0 saturated heterocycles. The highest BCUT2D eigenvalue weighted by Crippen LogP contribution is 2.14. The van der Waals surface area contributed by atoms with Crippen molar-refractivity contribution in [3.63, 3.8) is 0 Å². The maximum Gasteiger partial charge on any atom is 0.238 e. The second-order valence-corrected chi connectivity index (χ2v) is 5.84. The van der Waals surface area contributed by atoms with Gasteiger partial charge in [-0.1, -0.05) is 20.3 Å². The van der Waals surface area contributed by atoms with Crippen LogP contribution in [0.5, 0.6) is 5.75 Å². The SMILES string of the molecule is CCC[C@@H](C)NC(=O)CN(CC)CC(=O)Nc1ccc(OC)cc1. The van der Waals surface area contributed by atoms with E-state index in [0.717, 1.165) is 18.6 Å². The van der Waals surface area contributed by atoms with Gasteiger partial charge >= 0.3 is 0 Å². The van der Waals surface area contributed by atoms with Gasteiger partial charge in [-0.25, -0.2) is 0 Å².